The molecule has 0 radical (unpaired) electrons. The molecule has 2 heterocycles. The SMILES string of the molecule is CCOC(=O)C1=C(COC(=O)c2cc(S(=O)(=O)N(C)C)ccc2N2CCCC2)NC(=O)NC1. The number of anilines is 1. The van der Waals surface area contributed by atoms with Crippen LogP contribution in [0.25, 0.3) is 0 Å². The van der Waals surface area contributed by atoms with E-state index in [-0.39, 0.29) is 41.5 Å². The lowest BCUT2D eigenvalue weighted by Crippen LogP contribution is -2.45. The van der Waals surface area contributed by atoms with E-state index in [0.29, 0.717) is 5.69 Å². The molecule has 180 valence electrons. The van der Waals surface area contributed by atoms with Gasteiger partial charge in [0.15, 0.2) is 0 Å². The van der Waals surface area contributed by atoms with Crippen molar-refractivity contribution in [3.05, 3.63) is 35.0 Å². The van der Waals surface area contributed by atoms with Gasteiger partial charge in [0.25, 0.3) is 0 Å². The summed E-state index contributed by atoms with van der Waals surface area (Å²) in [7, 11) is -0.956. The molecule has 0 aromatic heterocycles. The maximum absolute atomic E-state index is 13.1. The Morgan fingerprint density at radius 3 is 2.45 bits per heavy atom. The molecule has 1 aromatic rings. The first kappa shape index (κ1) is 24.5. The molecule has 0 unspecified atom stereocenters. The largest absolute Gasteiger partial charge is 0.463 e. The molecule has 1 fully saturated rings. The van der Waals surface area contributed by atoms with Crippen LogP contribution in [0.2, 0.25) is 0 Å². The van der Waals surface area contributed by atoms with Crippen molar-refractivity contribution in [1.82, 2.24) is 14.9 Å². The Morgan fingerprint density at radius 1 is 1.12 bits per heavy atom. The lowest BCUT2D eigenvalue weighted by Gasteiger charge is -2.23. The Balaban J connectivity index is 1.91. The van der Waals surface area contributed by atoms with E-state index < -0.39 is 28.0 Å². The van der Waals surface area contributed by atoms with Gasteiger partial charge in [-0.25, -0.2) is 27.1 Å². The Morgan fingerprint density at radius 2 is 1.82 bits per heavy atom. The third kappa shape index (κ3) is 5.45. The van der Waals surface area contributed by atoms with E-state index in [4.69, 9.17) is 9.47 Å². The Bertz CT molecular complexity index is 1080. The van der Waals surface area contributed by atoms with Gasteiger partial charge in [-0.3, -0.25) is 0 Å². The van der Waals surface area contributed by atoms with E-state index in [1.807, 2.05) is 4.90 Å². The fraction of sp³-hybridized carbons (Fsp3) is 0.476. The smallest absolute Gasteiger partial charge is 0.340 e. The van der Waals surface area contributed by atoms with Crippen LogP contribution in [-0.4, -0.2) is 77.6 Å². The highest BCUT2D eigenvalue weighted by Crippen LogP contribution is 2.29. The molecular formula is C21H28N4O7S. The average Bonchev–Trinajstić information content (AvgIpc) is 3.32. The summed E-state index contributed by atoms with van der Waals surface area (Å²) in [5.74, 6) is -1.40. The van der Waals surface area contributed by atoms with E-state index in [2.05, 4.69) is 10.6 Å². The number of carbonyl (C=O) groups excluding carboxylic acids is 3. The van der Waals surface area contributed by atoms with Crippen LogP contribution in [0.3, 0.4) is 0 Å². The zero-order valence-electron chi connectivity index (χ0n) is 18.8. The third-order valence-electron chi connectivity index (χ3n) is 5.34. The summed E-state index contributed by atoms with van der Waals surface area (Å²) in [6.07, 6.45) is 1.92. The number of nitrogens with zero attached hydrogens (tertiary/aromatic N) is 2. The lowest BCUT2D eigenvalue weighted by molar-refractivity contribution is -0.138. The summed E-state index contributed by atoms with van der Waals surface area (Å²) in [5, 5.41) is 4.95. The van der Waals surface area contributed by atoms with Crippen molar-refractivity contribution >= 4 is 33.7 Å². The number of sulfonamides is 1. The van der Waals surface area contributed by atoms with E-state index in [0.717, 1.165) is 30.2 Å². The topological polar surface area (TPSA) is 134 Å². The number of benzene rings is 1. The zero-order chi connectivity index (χ0) is 24.2. The van der Waals surface area contributed by atoms with Crippen molar-refractivity contribution in [2.75, 3.05) is 51.8 Å². The minimum atomic E-state index is -3.77. The summed E-state index contributed by atoms with van der Waals surface area (Å²) in [6, 6.07) is 3.83. The van der Waals surface area contributed by atoms with Crippen LogP contribution in [0.1, 0.15) is 30.1 Å². The molecule has 33 heavy (non-hydrogen) atoms. The standard InChI is InChI=1S/C21H28N4O7S/c1-4-31-20(27)16-12-22-21(28)23-17(16)13-32-19(26)15-11-14(33(29,30)24(2)3)7-8-18(15)25-9-5-6-10-25/h7-8,11H,4-6,9-10,12-13H2,1-3H3,(H2,22,23,28). The van der Waals surface area contributed by atoms with Crippen molar-refractivity contribution in [2.45, 2.75) is 24.7 Å². The van der Waals surface area contributed by atoms with Crippen LogP contribution in [0.5, 0.6) is 0 Å². The van der Waals surface area contributed by atoms with Crippen molar-refractivity contribution in [2.24, 2.45) is 0 Å². The van der Waals surface area contributed by atoms with Crippen LogP contribution >= 0.6 is 0 Å². The third-order valence-corrected chi connectivity index (χ3v) is 7.15. The molecule has 11 nitrogen and oxygen atoms in total. The molecule has 2 aliphatic rings. The maximum atomic E-state index is 13.1. The normalized spacial score (nSPS) is 16.5. The van der Waals surface area contributed by atoms with Crippen LogP contribution in [0, 0.1) is 0 Å². The number of hydrogen-bond acceptors (Lipinski definition) is 8. The van der Waals surface area contributed by atoms with Gasteiger partial charge in [-0.15, -0.1) is 0 Å². The van der Waals surface area contributed by atoms with Gasteiger partial charge >= 0.3 is 18.0 Å². The number of rotatable bonds is 8. The summed E-state index contributed by atoms with van der Waals surface area (Å²) >= 11 is 0. The first-order valence-electron chi connectivity index (χ1n) is 10.6. The van der Waals surface area contributed by atoms with Gasteiger partial charge in [-0.05, 0) is 38.0 Å². The summed E-state index contributed by atoms with van der Waals surface area (Å²) in [4.78, 5) is 39.0. The van der Waals surface area contributed by atoms with Gasteiger partial charge in [0.1, 0.15) is 6.61 Å². The van der Waals surface area contributed by atoms with Crippen LogP contribution < -0.4 is 15.5 Å². The fourth-order valence-corrected chi connectivity index (χ4v) is 4.50. The second kappa shape index (κ2) is 10.2. The Labute approximate surface area is 192 Å². The summed E-state index contributed by atoms with van der Waals surface area (Å²) < 4.78 is 36.7. The number of esters is 2. The number of amides is 2. The minimum absolute atomic E-state index is 0.0380. The van der Waals surface area contributed by atoms with Crippen molar-refractivity contribution in [3.63, 3.8) is 0 Å². The molecule has 1 saturated heterocycles. The van der Waals surface area contributed by atoms with Crippen LogP contribution in [-0.2, 0) is 24.3 Å². The Hall–Kier alpha value is -3.12. The highest BCUT2D eigenvalue weighted by Gasteiger charge is 2.28. The molecule has 2 aliphatic heterocycles. The van der Waals surface area contributed by atoms with Gasteiger partial charge < -0.3 is 25.0 Å². The summed E-state index contributed by atoms with van der Waals surface area (Å²) in [5.41, 5.74) is 0.931. The van der Waals surface area contributed by atoms with Gasteiger partial charge in [0, 0.05) is 27.2 Å². The number of hydrogen-bond donors (Lipinski definition) is 2. The molecule has 0 atom stereocenters. The minimum Gasteiger partial charge on any atom is -0.463 e. The monoisotopic (exact) mass is 480 g/mol. The van der Waals surface area contributed by atoms with Crippen LogP contribution in [0.4, 0.5) is 10.5 Å². The fourth-order valence-electron chi connectivity index (χ4n) is 3.57. The van der Waals surface area contributed by atoms with Gasteiger partial charge in [-0.2, -0.15) is 0 Å². The van der Waals surface area contributed by atoms with Crippen LogP contribution in [0.15, 0.2) is 34.4 Å². The molecule has 1 aromatic carbocycles. The van der Waals surface area contributed by atoms with Crippen molar-refractivity contribution in [1.29, 1.82) is 0 Å². The molecule has 12 heteroatoms. The highest BCUT2D eigenvalue weighted by atomic mass is 32.2. The predicted molar refractivity (Wildman–Crippen MR) is 119 cm³/mol. The maximum Gasteiger partial charge on any atom is 0.340 e. The molecule has 0 spiro atoms. The van der Waals surface area contributed by atoms with E-state index in [9.17, 15) is 22.8 Å². The van der Waals surface area contributed by atoms with Crippen molar-refractivity contribution in [3.8, 4) is 0 Å². The quantitative estimate of drug-likeness (QED) is 0.523. The molecule has 3 rings (SSSR count). The number of nitrogens with one attached hydrogen (secondary N) is 2. The number of urea groups is 1. The lowest BCUT2D eigenvalue weighted by atomic mass is 10.1. The highest BCUT2D eigenvalue weighted by molar-refractivity contribution is 7.89. The first-order chi connectivity index (χ1) is 15.6. The molecule has 0 aliphatic carbocycles. The zero-order valence-corrected chi connectivity index (χ0v) is 19.7. The molecule has 2 amide bonds. The van der Waals surface area contributed by atoms with Crippen molar-refractivity contribution < 1.29 is 32.3 Å². The molecule has 0 saturated carbocycles. The first-order valence-corrected chi connectivity index (χ1v) is 12.0. The number of carbonyl (C=O) groups is 3. The average molecular weight is 481 g/mol. The van der Waals surface area contributed by atoms with Gasteiger partial charge in [0.05, 0.1) is 40.6 Å². The van der Waals surface area contributed by atoms with Gasteiger partial charge in [0.2, 0.25) is 10.0 Å². The van der Waals surface area contributed by atoms with E-state index >= 15 is 0 Å². The second-order valence-electron chi connectivity index (χ2n) is 7.72. The summed E-state index contributed by atoms with van der Waals surface area (Å²) in [6.45, 7) is 2.83. The van der Waals surface area contributed by atoms with Gasteiger partial charge in [-0.1, -0.05) is 0 Å². The Kier molecular flexibility index (Phi) is 7.59. The molecule has 2 N–H and O–H groups in total. The predicted octanol–water partition coefficient (Wildman–Crippen LogP) is 0.824. The van der Waals surface area contributed by atoms with E-state index in [1.54, 1.807) is 13.0 Å². The molecular weight excluding hydrogens is 452 g/mol. The van der Waals surface area contributed by atoms with E-state index in [1.165, 1.54) is 26.2 Å². The number of ether oxygens (including phenoxy) is 2. The molecule has 0 bridgehead atoms. The second-order valence-corrected chi connectivity index (χ2v) is 9.87.